The number of nitrogens with zero attached hydrogens (tertiary/aromatic N) is 2. The Hall–Kier alpha value is -2.04. The third kappa shape index (κ3) is 2.50. The minimum atomic E-state index is -0.0879. The second kappa shape index (κ2) is 5.16. The predicted molar refractivity (Wildman–Crippen MR) is 61.6 cm³/mol. The summed E-state index contributed by atoms with van der Waals surface area (Å²) in [6, 6.07) is 6.67. The van der Waals surface area contributed by atoms with Crippen LogP contribution in [-0.4, -0.2) is 35.4 Å². The summed E-state index contributed by atoms with van der Waals surface area (Å²) in [7, 11) is 1.72. The maximum atomic E-state index is 11.8. The Morgan fingerprint density at radius 2 is 2.12 bits per heavy atom. The first kappa shape index (κ1) is 12.0. The van der Waals surface area contributed by atoms with Crippen LogP contribution in [0.25, 0.3) is 0 Å². The Labute approximate surface area is 94.2 Å². The average Bonchev–Trinajstić information content (AvgIpc) is 2.36. The normalized spacial score (nSPS) is 11.2. The minimum absolute atomic E-state index is 0.00574. The second-order valence-corrected chi connectivity index (χ2v) is 3.39. The predicted octanol–water partition coefficient (Wildman–Crippen LogP) is 0.873. The highest BCUT2D eigenvalue weighted by Gasteiger charge is 2.11. The van der Waals surface area contributed by atoms with Gasteiger partial charge >= 0.3 is 0 Å². The smallest absolute Gasteiger partial charge is 0.253 e. The van der Waals surface area contributed by atoms with E-state index in [1.807, 2.05) is 6.92 Å². The quantitative estimate of drug-likeness (QED) is 0.344. The van der Waals surface area contributed by atoms with Gasteiger partial charge in [0.15, 0.2) is 5.84 Å². The van der Waals surface area contributed by atoms with Gasteiger partial charge in [-0.2, -0.15) is 0 Å². The van der Waals surface area contributed by atoms with Crippen LogP contribution < -0.4 is 5.73 Å². The summed E-state index contributed by atoms with van der Waals surface area (Å²) < 4.78 is 0. The van der Waals surface area contributed by atoms with E-state index in [0.717, 1.165) is 0 Å². The molecular weight excluding hydrogens is 206 g/mol. The van der Waals surface area contributed by atoms with Crippen molar-refractivity contribution in [2.24, 2.45) is 10.9 Å². The zero-order valence-corrected chi connectivity index (χ0v) is 9.34. The Morgan fingerprint density at radius 3 is 2.69 bits per heavy atom. The van der Waals surface area contributed by atoms with Crippen molar-refractivity contribution in [3.63, 3.8) is 0 Å². The summed E-state index contributed by atoms with van der Waals surface area (Å²) in [6.07, 6.45) is 0. The maximum absolute atomic E-state index is 11.8. The number of rotatable bonds is 3. The molecule has 16 heavy (non-hydrogen) atoms. The second-order valence-electron chi connectivity index (χ2n) is 3.39. The monoisotopic (exact) mass is 221 g/mol. The van der Waals surface area contributed by atoms with Gasteiger partial charge < -0.3 is 15.8 Å². The molecule has 1 amide bonds. The van der Waals surface area contributed by atoms with Crippen molar-refractivity contribution in [1.29, 1.82) is 0 Å². The fourth-order valence-electron chi connectivity index (χ4n) is 1.23. The highest BCUT2D eigenvalue weighted by atomic mass is 16.4. The van der Waals surface area contributed by atoms with E-state index in [0.29, 0.717) is 17.7 Å². The summed E-state index contributed by atoms with van der Waals surface area (Å²) in [4.78, 5) is 13.4. The number of oxime groups is 1. The van der Waals surface area contributed by atoms with Crippen molar-refractivity contribution < 1.29 is 10.0 Å². The standard InChI is InChI=1S/C11H15N3O2/c1-3-14(2)11(15)9-6-4-5-8(7-9)10(12)13-16/h4-7,16H,3H2,1-2H3,(H2,12,13). The zero-order chi connectivity index (χ0) is 12.1. The molecule has 5 nitrogen and oxygen atoms in total. The summed E-state index contributed by atoms with van der Waals surface area (Å²) in [5, 5.41) is 11.4. The first-order valence-corrected chi connectivity index (χ1v) is 4.93. The molecule has 0 aromatic heterocycles. The van der Waals surface area contributed by atoms with E-state index in [4.69, 9.17) is 10.9 Å². The van der Waals surface area contributed by atoms with Crippen LogP contribution in [0.15, 0.2) is 29.4 Å². The average molecular weight is 221 g/mol. The van der Waals surface area contributed by atoms with Crippen molar-refractivity contribution in [3.05, 3.63) is 35.4 Å². The Bertz CT molecular complexity index is 415. The molecule has 0 aliphatic heterocycles. The van der Waals surface area contributed by atoms with Crippen molar-refractivity contribution >= 4 is 11.7 Å². The van der Waals surface area contributed by atoms with Crippen LogP contribution in [0, 0.1) is 0 Å². The van der Waals surface area contributed by atoms with Gasteiger partial charge in [-0.3, -0.25) is 4.79 Å². The van der Waals surface area contributed by atoms with E-state index in [1.54, 1.807) is 36.2 Å². The van der Waals surface area contributed by atoms with Gasteiger partial charge in [0.05, 0.1) is 0 Å². The lowest BCUT2D eigenvalue weighted by Gasteiger charge is -2.14. The summed E-state index contributed by atoms with van der Waals surface area (Å²) in [5.74, 6) is -0.0936. The van der Waals surface area contributed by atoms with E-state index >= 15 is 0 Å². The number of hydrogen-bond acceptors (Lipinski definition) is 3. The highest BCUT2D eigenvalue weighted by Crippen LogP contribution is 2.07. The van der Waals surface area contributed by atoms with Crippen LogP contribution in [0.1, 0.15) is 22.8 Å². The topological polar surface area (TPSA) is 78.9 Å². The molecule has 0 radical (unpaired) electrons. The largest absolute Gasteiger partial charge is 0.409 e. The number of amides is 1. The SMILES string of the molecule is CCN(C)C(=O)c1cccc(/C(N)=N/O)c1. The summed E-state index contributed by atoms with van der Waals surface area (Å²) in [5.41, 5.74) is 6.49. The van der Waals surface area contributed by atoms with Crippen molar-refractivity contribution in [2.75, 3.05) is 13.6 Å². The fourth-order valence-corrected chi connectivity index (χ4v) is 1.23. The van der Waals surface area contributed by atoms with Gasteiger partial charge in [0.1, 0.15) is 0 Å². The lowest BCUT2D eigenvalue weighted by atomic mass is 10.1. The molecule has 0 aliphatic rings. The van der Waals surface area contributed by atoms with Crippen molar-refractivity contribution in [1.82, 2.24) is 4.90 Å². The van der Waals surface area contributed by atoms with E-state index < -0.39 is 0 Å². The first-order valence-electron chi connectivity index (χ1n) is 4.93. The van der Waals surface area contributed by atoms with E-state index in [1.165, 1.54) is 0 Å². The van der Waals surface area contributed by atoms with Crippen LogP contribution in [0.5, 0.6) is 0 Å². The lowest BCUT2D eigenvalue weighted by Crippen LogP contribution is -2.26. The molecule has 0 atom stereocenters. The van der Waals surface area contributed by atoms with Gasteiger partial charge in [-0.05, 0) is 19.1 Å². The molecule has 5 heteroatoms. The molecule has 0 saturated carbocycles. The van der Waals surface area contributed by atoms with Crippen molar-refractivity contribution in [3.8, 4) is 0 Å². The third-order valence-electron chi connectivity index (χ3n) is 2.33. The van der Waals surface area contributed by atoms with Crippen LogP contribution in [0.3, 0.4) is 0 Å². The third-order valence-corrected chi connectivity index (χ3v) is 2.33. The molecule has 0 fully saturated rings. The number of benzene rings is 1. The molecular formula is C11H15N3O2. The molecule has 3 N–H and O–H groups in total. The fraction of sp³-hybridized carbons (Fsp3) is 0.273. The van der Waals surface area contributed by atoms with Gasteiger partial charge in [-0.15, -0.1) is 0 Å². The van der Waals surface area contributed by atoms with Crippen molar-refractivity contribution in [2.45, 2.75) is 6.92 Å². The van der Waals surface area contributed by atoms with E-state index in [2.05, 4.69) is 5.16 Å². The molecule has 0 spiro atoms. The number of carbonyl (C=O) groups is 1. The summed E-state index contributed by atoms with van der Waals surface area (Å²) in [6.45, 7) is 2.53. The molecule has 0 saturated heterocycles. The Morgan fingerprint density at radius 1 is 1.50 bits per heavy atom. The van der Waals surface area contributed by atoms with Gasteiger partial charge in [0.2, 0.25) is 0 Å². The molecule has 1 aromatic carbocycles. The molecule has 0 bridgehead atoms. The van der Waals surface area contributed by atoms with Crippen LogP contribution in [0.2, 0.25) is 0 Å². The maximum Gasteiger partial charge on any atom is 0.253 e. The van der Waals surface area contributed by atoms with Gasteiger partial charge in [0, 0.05) is 24.7 Å². The lowest BCUT2D eigenvalue weighted by molar-refractivity contribution is 0.0802. The highest BCUT2D eigenvalue weighted by molar-refractivity contribution is 6.01. The van der Waals surface area contributed by atoms with Gasteiger partial charge in [-0.25, -0.2) is 0 Å². The Balaban J connectivity index is 3.03. The number of carbonyl (C=O) groups excluding carboxylic acids is 1. The number of hydrogen-bond donors (Lipinski definition) is 2. The molecule has 1 rings (SSSR count). The minimum Gasteiger partial charge on any atom is -0.409 e. The molecule has 0 heterocycles. The van der Waals surface area contributed by atoms with Crippen LogP contribution in [0.4, 0.5) is 0 Å². The first-order chi connectivity index (χ1) is 7.60. The molecule has 0 unspecified atom stereocenters. The summed E-state index contributed by atoms with van der Waals surface area (Å²) >= 11 is 0. The van der Waals surface area contributed by atoms with E-state index in [-0.39, 0.29) is 11.7 Å². The number of nitrogens with two attached hydrogens (primary N) is 1. The molecule has 1 aromatic rings. The van der Waals surface area contributed by atoms with Crippen LogP contribution >= 0.6 is 0 Å². The molecule has 0 aliphatic carbocycles. The molecule has 86 valence electrons. The zero-order valence-electron chi connectivity index (χ0n) is 9.34. The van der Waals surface area contributed by atoms with Gasteiger partial charge in [-0.1, -0.05) is 17.3 Å². The van der Waals surface area contributed by atoms with Gasteiger partial charge in [0.25, 0.3) is 5.91 Å². The Kier molecular flexibility index (Phi) is 3.88. The number of amidine groups is 1. The van der Waals surface area contributed by atoms with E-state index in [9.17, 15) is 4.79 Å². The van der Waals surface area contributed by atoms with Crippen LogP contribution in [-0.2, 0) is 0 Å².